The van der Waals surface area contributed by atoms with E-state index >= 15 is 0 Å². The van der Waals surface area contributed by atoms with Crippen LogP contribution >= 0.6 is 0 Å². The van der Waals surface area contributed by atoms with Crippen LogP contribution in [0.2, 0.25) is 0 Å². The summed E-state index contributed by atoms with van der Waals surface area (Å²) in [7, 11) is -4.35. The van der Waals surface area contributed by atoms with Crippen LogP contribution in [-0.4, -0.2) is 41.9 Å². The Balaban J connectivity index is 3.92. The predicted molar refractivity (Wildman–Crippen MR) is 230 cm³/mol. The molecular weight excluding hydrogens is 679 g/mol. The summed E-state index contributed by atoms with van der Waals surface area (Å²) in [6.07, 6.45) is 54.9. The summed E-state index contributed by atoms with van der Waals surface area (Å²) in [4.78, 5) is 12.5. The fourth-order valence-corrected chi connectivity index (χ4v) is 7.18. The van der Waals surface area contributed by atoms with Crippen molar-refractivity contribution < 1.29 is 22.9 Å². The van der Waals surface area contributed by atoms with Gasteiger partial charge in [-0.3, -0.25) is 9.35 Å². The molecule has 0 aromatic heterocycles. The smallest absolute Gasteiger partial charge is 0.267 e. The summed E-state index contributed by atoms with van der Waals surface area (Å²) in [6.45, 7) is 4.42. The number of allylic oxidation sites excluding steroid dienone is 9. The van der Waals surface area contributed by atoms with Crippen LogP contribution in [0.1, 0.15) is 206 Å². The third-order valence-electron chi connectivity index (χ3n) is 9.70. The number of carbonyl (C=O) groups is 1. The number of aliphatic hydroxyl groups excluding tert-OH is 1. The third-order valence-corrected chi connectivity index (χ3v) is 10.5. The van der Waals surface area contributed by atoms with Gasteiger partial charge in [0.2, 0.25) is 5.91 Å². The summed E-state index contributed by atoms with van der Waals surface area (Å²) < 4.78 is 32.6. The van der Waals surface area contributed by atoms with Gasteiger partial charge in [-0.15, -0.1) is 0 Å². The van der Waals surface area contributed by atoms with Gasteiger partial charge in [-0.05, 0) is 57.8 Å². The van der Waals surface area contributed by atoms with Gasteiger partial charge >= 0.3 is 0 Å². The molecule has 0 bridgehead atoms. The van der Waals surface area contributed by atoms with Gasteiger partial charge in [0.1, 0.15) is 0 Å². The molecule has 1 amide bonds. The number of hydrogen-bond acceptors (Lipinski definition) is 4. The highest BCUT2D eigenvalue weighted by atomic mass is 32.2. The average Bonchev–Trinajstić information content (AvgIpc) is 3.12. The van der Waals surface area contributed by atoms with E-state index in [0.717, 1.165) is 83.5 Å². The molecule has 0 saturated carbocycles. The highest BCUT2D eigenvalue weighted by molar-refractivity contribution is 7.85. The van der Waals surface area contributed by atoms with Crippen LogP contribution in [0.4, 0.5) is 0 Å². The molecule has 0 rings (SSSR count). The van der Waals surface area contributed by atoms with Crippen molar-refractivity contribution in [2.75, 3.05) is 5.75 Å². The zero-order chi connectivity index (χ0) is 38.9. The Labute approximate surface area is 328 Å². The molecule has 2 atom stereocenters. The topological polar surface area (TPSA) is 104 Å². The number of amides is 1. The van der Waals surface area contributed by atoms with Gasteiger partial charge < -0.3 is 10.4 Å². The van der Waals surface area contributed by atoms with Gasteiger partial charge in [0.15, 0.2) is 0 Å². The number of aliphatic hydroxyl groups is 1. The molecule has 0 radical (unpaired) electrons. The monoisotopic (exact) mass is 762 g/mol. The summed E-state index contributed by atoms with van der Waals surface area (Å²) in [6, 6.07) is -1.07. The zero-order valence-corrected chi connectivity index (χ0v) is 35.2. The van der Waals surface area contributed by atoms with Crippen molar-refractivity contribution in [1.82, 2.24) is 5.32 Å². The Kier molecular flexibility index (Phi) is 38.3. The average molecular weight is 762 g/mol. The van der Waals surface area contributed by atoms with Crippen LogP contribution in [0.25, 0.3) is 0 Å². The molecule has 0 aromatic rings. The lowest BCUT2D eigenvalue weighted by Crippen LogP contribution is -2.46. The van der Waals surface area contributed by atoms with Crippen molar-refractivity contribution in [2.24, 2.45) is 0 Å². The standard InChI is InChI=1S/C46H83NO5S/c1-3-5-7-9-11-13-15-17-19-21-23-25-27-29-31-33-35-37-39-41-45(48)44(43-53(50,51)52)47-46(49)42-40-38-36-34-32-30-28-26-24-22-20-18-16-14-12-10-8-6-4-2/h6,8,12,14,18,20,24,26,39,41,44-45,48H,3-5,7,9-11,13,15-17,19,21-23,25,27-38,40,42-43H2,1-2H3,(H,47,49)(H,50,51,52)/b8-6-,14-12-,20-18-,26-24-,41-39+. The lowest BCUT2D eigenvalue weighted by molar-refractivity contribution is -0.122. The number of carbonyl (C=O) groups excluding carboxylic acids is 1. The normalized spacial score (nSPS) is 13.8. The summed E-state index contributed by atoms with van der Waals surface area (Å²) in [5, 5.41) is 13.3. The first-order chi connectivity index (χ1) is 25.8. The fourth-order valence-electron chi connectivity index (χ4n) is 6.44. The minimum atomic E-state index is -4.35. The largest absolute Gasteiger partial charge is 0.387 e. The van der Waals surface area contributed by atoms with Crippen LogP contribution in [0.3, 0.4) is 0 Å². The van der Waals surface area contributed by atoms with E-state index in [9.17, 15) is 22.9 Å². The van der Waals surface area contributed by atoms with Crippen molar-refractivity contribution in [1.29, 1.82) is 0 Å². The molecule has 2 unspecified atom stereocenters. The van der Waals surface area contributed by atoms with E-state index in [4.69, 9.17) is 0 Å². The summed E-state index contributed by atoms with van der Waals surface area (Å²) in [5.74, 6) is -0.999. The van der Waals surface area contributed by atoms with E-state index in [-0.39, 0.29) is 12.3 Å². The molecular formula is C46H83NO5S. The van der Waals surface area contributed by atoms with Gasteiger partial charge in [-0.1, -0.05) is 203 Å². The third kappa shape index (κ3) is 41.1. The molecule has 6 nitrogen and oxygen atoms in total. The van der Waals surface area contributed by atoms with E-state index in [0.29, 0.717) is 6.42 Å². The molecule has 0 fully saturated rings. The minimum absolute atomic E-state index is 0.277. The van der Waals surface area contributed by atoms with E-state index < -0.39 is 28.0 Å². The number of nitrogens with one attached hydrogen (secondary N) is 1. The van der Waals surface area contributed by atoms with Crippen molar-refractivity contribution in [2.45, 2.75) is 219 Å². The molecule has 53 heavy (non-hydrogen) atoms. The highest BCUT2D eigenvalue weighted by Gasteiger charge is 2.24. The molecule has 7 heteroatoms. The minimum Gasteiger partial charge on any atom is -0.387 e. The maximum atomic E-state index is 12.5. The van der Waals surface area contributed by atoms with Crippen molar-refractivity contribution >= 4 is 16.0 Å². The van der Waals surface area contributed by atoms with Gasteiger partial charge in [-0.25, -0.2) is 0 Å². The molecule has 0 aliphatic heterocycles. The van der Waals surface area contributed by atoms with E-state index in [1.165, 1.54) is 96.3 Å². The maximum Gasteiger partial charge on any atom is 0.267 e. The second kappa shape index (κ2) is 39.7. The lowest BCUT2D eigenvalue weighted by atomic mass is 10.0. The molecule has 0 aliphatic rings. The summed E-state index contributed by atoms with van der Waals surface area (Å²) in [5.41, 5.74) is 0. The molecule has 3 N–H and O–H groups in total. The van der Waals surface area contributed by atoms with Crippen LogP contribution in [0.15, 0.2) is 60.8 Å². The van der Waals surface area contributed by atoms with Crippen LogP contribution in [0.5, 0.6) is 0 Å². The molecule has 0 spiro atoms. The van der Waals surface area contributed by atoms with Crippen molar-refractivity contribution in [3.63, 3.8) is 0 Å². The number of rotatable bonds is 39. The first-order valence-corrected chi connectivity index (χ1v) is 23.6. The Hall–Kier alpha value is -1.96. The SMILES string of the molecule is CC/C=C\C/C=C\C/C=C\C/C=C\CCCCCCCCC(=O)NC(CS(=O)(=O)O)C(O)/C=C/CCCCCCCCCCCCCCCCCCC. The Morgan fingerprint density at radius 3 is 1.34 bits per heavy atom. The molecule has 0 aromatic carbocycles. The van der Waals surface area contributed by atoms with Gasteiger partial charge in [-0.2, -0.15) is 8.42 Å². The van der Waals surface area contributed by atoms with Crippen LogP contribution in [-0.2, 0) is 14.9 Å². The highest BCUT2D eigenvalue weighted by Crippen LogP contribution is 2.15. The van der Waals surface area contributed by atoms with Gasteiger partial charge in [0, 0.05) is 6.42 Å². The van der Waals surface area contributed by atoms with E-state index in [1.54, 1.807) is 6.08 Å². The van der Waals surface area contributed by atoms with E-state index in [1.807, 2.05) is 6.08 Å². The second-order valence-electron chi connectivity index (χ2n) is 14.9. The Bertz CT molecular complexity index is 1060. The molecule has 0 aliphatic carbocycles. The van der Waals surface area contributed by atoms with Crippen LogP contribution in [0, 0.1) is 0 Å². The van der Waals surface area contributed by atoms with Gasteiger partial charge in [0.25, 0.3) is 10.1 Å². The van der Waals surface area contributed by atoms with Crippen molar-refractivity contribution in [3.8, 4) is 0 Å². The maximum absolute atomic E-state index is 12.5. The first-order valence-electron chi connectivity index (χ1n) is 22.0. The Morgan fingerprint density at radius 2 is 0.906 bits per heavy atom. The van der Waals surface area contributed by atoms with E-state index in [2.05, 4.69) is 67.8 Å². The second-order valence-corrected chi connectivity index (χ2v) is 16.4. The number of hydrogen-bond donors (Lipinski definition) is 3. The molecule has 0 saturated heterocycles. The number of unbranched alkanes of at least 4 members (excludes halogenated alkanes) is 23. The van der Waals surface area contributed by atoms with Gasteiger partial charge in [0.05, 0.1) is 17.9 Å². The molecule has 0 heterocycles. The fraction of sp³-hybridized carbons (Fsp3) is 0.761. The van der Waals surface area contributed by atoms with Crippen molar-refractivity contribution in [3.05, 3.63) is 60.8 Å². The zero-order valence-electron chi connectivity index (χ0n) is 34.4. The molecule has 308 valence electrons. The lowest BCUT2D eigenvalue weighted by Gasteiger charge is -2.21. The Morgan fingerprint density at radius 1 is 0.528 bits per heavy atom. The predicted octanol–water partition coefficient (Wildman–Crippen LogP) is 13.2. The quantitative estimate of drug-likeness (QED) is 0.0329. The van der Waals surface area contributed by atoms with Crippen LogP contribution < -0.4 is 5.32 Å². The first kappa shape index (κ1) is 51.0. The summed E-state index contributed by atoms with van der Waals surface area (Å²) >= 11 is 0.